The second kappa shape index (κ2) is 6.74. The first-order valence-electron chi connectivity index (χ1n) is 7.03. The zero-order valence-corrected chi connectivity index (χ0v) is 13.4. The number of benzene rings is 1. The van der Waals surface area contributed by atoms with Crippen LogP contribution in [0.1, 0.15) is 23.0 Å². The van der Waals surface area contributed by atoms with Gasteiger partial charge in [-0.1, -0.05) is 37.3 Å². The van der Waals surface area contributed by atoms with Gasteiger partial charge in [0.25, 0.3) is 5.91 Å². The van der Waals surface area contributed by atoms with Gasteiger partial charge in [0.15, 0.2) is 9.84 Å². The summed E-state index contributed by atoms with van der Waals surface area (Å²) < 4.78 is 22.8. The summed E-state index contributed by atoms with van der Waals surface area (Å²) in [7, 11) is -3.09. The van der Waals surface area contributed by atoms with Gasteiger partial charge in [-0.2, -0.15) is 5.10 Å². The third-order valence-corrected chi connectivity index (χ3v) is 5.13. The summed E-state index contributed by atoms with van der Waals surface area (Å²) >= 11 is 0. The van der Waals surface area contributed by atoms with E-state index in [1.165, 1.54) is 0 Å². The zero-order valence-electron chi connectivity index (χ0n) is 12.6. The Hall–Kier alpha value is -2.15. The van der Waals surface area contributed by atoms with E-state index in [0.717, 1.165) is 11.1 Å². The summed E-state index contributed by atoms with van der Waals surface area (Å²) in [6, 6.07) is 9.54. The molecule has 0 fully saturated rings. The van der Waals surface area contributed by atoms with Gasteiger partial charge in [-0.3, -0.25) is 9.89 Å². The third kappa shape index (κ3) is 3.73. The van der Waals surface area contributed by atoms with E-state index >= 15 is 0 Å². The molecule has 0 aliphatic rings. The Balaban J connectivity index is 2.07. The van der Waals surface area contributed by atoms with Crippen LogP contribution in [0.15, 0.2) is 30.3 Å². The van der Waals surface area contributed by atoms with Crippen molar-refractivity contribution in [3.8, 4) is 11.3 Å². The highest BCUT2D eigenvalue weighted by molar-refractivity contribution is 7.91. The van der Waals surface area contributed by atoms with E-state index in [-0.39, 0.29) is 24.0 Å². The fraction of sp³-hybridized carbons (Fsp3) is 0.333. The lowest BCUT2D eigenvalue weighted by Gasteiger charge is -2.04. The predicted molar refractivity (Wildman–Crippen MR) is 85.4 cm³/mol. The van der Waals surface area contributed by atoms with Crippen LogP contribution < -0.4 is 5.32 Å². The number of aromatic amines is 1. The standard InChI is InChI=1S/C15H19N3O3S/c1-3-22(20,21)10-9-16-15(19)14-11(2)13(17-18-14)12-7-5-4-6-8-12/h4-8H,3,9-10H2,1-2H3,(H,16,19)(H,17,18). The number of hydrogen-bond acceptors (Lipinski definition) is 4. The van der Waals surface area contributed by atoms with Gasteiger partial charge < -0.3 is 5.32 Å². The fourth-order valence-electron chi connectivity index (χ4n) is 2.05. The summed E-state index contributed by atoms with van der Waals surface area (Å²) in [6.07, 6.45) is 0. The molecular formula is C15H19N3O3S. The highest BCUT2D eigenvalue weighted by Crippen LogP contribution is 2.22. The summed E-state index contributed by atoms with van der Waals surface area (Å²) in [4.78, 5) is 12.1. The number of carbonyl (C=O) groups is 1. The zero-order chi connectivity index (χ0) is 16.2. The minimum atomic E-state index is -3.09. The Bertz CT molecular complexity index is 752. The molecule has 22 heavy (non-hydrogen) atoms. The molecule has 0 spiro atoms. The summed E-state index contributed by atoms with van der Waals surface area (Å²) in [5, 5.41) is 9.50. The Morgan fingerprint density at radius 1 is 1.27 bits per heavy atom. The Labute approximate surface area is 129 Å². The largest absolute Gasteiger partial charge is 0.350 e. The van der Waals surface area contributed by atoms with Crippen LogP contribution in [0.5, 0.6) is 0 Å². The molecule has 2 N–H and O–H groups in total. The smallest absolute Gasteiger partial charge is 0.269 e. The van der Waals surface area contributed by atoms with Crippen molar-refractivity contribution in [2.24, 2.45) is 0 Å². The van der Waals surface area contributed by atoms with E-state index in [2.05, 4.69) is 15.5 Å². The molecule has 6 nitrogen and oxygen atoms in total. The first-order valence-corrected chi connectivity index (χ1v) is 8.85. The summed E-state index contributed by atoms with van der Waals surface area (Å²) in [5.74, 6) is -0.337. The molecule has 1 amide bonds. The quantitative estimate of drug-likeness (QED) is 0.844. The number of H-pyrrole nitrogens is 1. The van der Waals surface area contributed by atoms with Gasteiger partial charge in [-0.15, -0.1) is 0 Å². The fourth-order valence-corrected chi connectivity index (χ4v) is 2.75. The van der Waals surface area contributed by atoms with Crippen molar-refractivity contribution < 1.29 is 13.2 Å². The van der Waals surface area contributed by atoms with Crippen LogP contribution in [0.3, 0.4) is 0 Å². The number of hydrogen-bond donors (Lipinski definition) is 2. The van der Waals surface area contributed by atoms with Gasteiger partial charge in [0.1, 0.15) is 5.69 Å². The van der Waals surface area contributed by atoms with Crippen LogP contribution in [0.25, 0.3) is 11.3 Å². The van der Waals surface area contributed by atoms with E-state index < -0.39 is 9.84 Å². The molecule has 0 aliphatic heterocycles. The highest BCUT2D eigenvalue weighted by atomic mass is 32.2. The van der Waals surface area contributed by atoms with Crippen LogP contribution in [0.2, 0.25) is 0 Å². The van der Waals surface area contributed by atoms with Gasteiger partial charge in [0.2, 0.25) is 0 Å². The van der Waals surface area contributed by atoms with Crippen molar-refractivity contribution in [3.63, 3.8) is 0 Å². The van der Waals surface area contributed by atoms with Gasteiger partial charge in [-0.25, -0.2) is 8.42 Å². The van der Waals surface area contributed by atoms with E-state index in [1.54, 1.807) is 6.92 Å². The highest BCUT2D eigenvalue weighted by Gasteiger charge is 2.17. The molecule has 2 aromatic rings. The monoisotopic (exact) mass is 321 g/mol. The normalized spacial score (nSPS) is 11.4. The van der Waals surface area contributed by atoms with Crippen molar-refractivity contribution in [1.29, 1.82) is 0 Å². The molecule has 0 saturated carbocycles. The molecule has 0 unspecified atom stereocenters. The molecule has 1 aromatic carbocycles. The van der Waals surface area contributed by atoms with E-state index in [0.29, 0.717) is 11.4 Å². The molecule has 1 aromatic heterocycles. The first kappa shape index (κ1) is 16.2. The molecule has 0 atom stereocenters. The predicted octanol–water partition coefficient (Wildman–Crippen LogP) is 1.55. The number of nitrogens with one attached hydrogen (secondary N) is 2. The van der Waals surface area contributed by atoms with Gasteiger partial charge in [-0.05, 0) is 6.92 Å². The number of amides is 1. The second-order valence-corrected chi connectivity index (χ2v) is 7.40. The Morgan fingerprint density at radius 2 is 1.95 bits per heavy atom. The summed E-state index contributed by atoms with van der Waals surface area (Å²) in [5.41, 5.74) is 2.73. The van der Waals surface area contributed by atoms with E-state index in [4.69, 9.17) is 0 Å². The average molecular weight is 321 g/mol. The van der Waals surface area contributed by atoms with Crippen LogP contribution in [0.4, 0.5) is 0 Å². The maximum absolute atomic E-state index is 12.1. The van der Waals surface area contributed by atoms with Crippen LogP contribution in [0, 0.1) is 6.92 Å². The van der Waals surface area contributed by atoms with E-state index in [9.17, 15) is 13.2 Å². The van der Waals surface area contributed by atoms with Crippen LogP contribution in [-0.4, -0.2) is 42.6 Å². The lowest BCUT2D eigenvalue weighted by Crippen LogP contribution is -2.30. The second-order valence-electron chi connectivity index (χ2n) is 4.93. The van der Waals surface area contributed by atoms with E-state index in [1.807, 2.05) is 37.3 Å². The molecular weight excluding hydrogens is 302 g/mol. The minimum absolute atomic E-state index is 0.0615. The van der Waals surface area contributed by atoms with Gasteiger partial charge in [0.05, 0.1) is 11.4 Å². The average Bonchev–Trinajstić information content (AvgIpc) is 2.89. The number of rotatable bonds is 6. The molecule has 0 saturated heterocycles. The van der Waals surface area contributed by atoms with Crippen molar-refractivity contribution in [2.45, 2.75) is 13.8 Å². The maximum Gasteiger partial charge on any atom is 0.269 e. The van der Waals surface area contributed by atoms with Crippen molar-refractivity contribution in [1.82, 2.24) is 15.5 Å². The number of aromatic nitrogens is 2. The molecule has 1 heterocycles. The lowest BCUT2D eigenvalue weighted by molar-refractivity contribution is 0.0950. The molecule has 118 valence electrons. The van der Waals surface area contributed by atoms with Gasteiger partial charge in [0, 0.05) is 23.4 Å². The lowest BCUT2D eigenvalue weighted by atomic mass is 10.1. The Morgan fingerprint density at radius 3 is 2.59 bits per heavy atom. The first-order chi connectivity index (χ1) is 10.4. The molecule has 2 rings (SSSR count). The molecule has 0 bridgehead atoms. The van der Waals surface area contributed by atoms with Crippen molar-refractivity contribution in [3.05, 3.63) is 41.6 Å². The maximum atomic E-state index is 12.1. The van der Waals surface area contributed by atoms with Crippen LogP contribution in [-0.2, 0) is 9.84 Å². The van der Waals surface area contributed by atoms with Crippen LogP contribution >= 0.6 is 0 Å². The molecule has 7 heteroatoms. The summed E-state index contributed by atoms with van der Waals surface area (Å²) in [6.45, 7) is 3.49. The number of carbonyl (C=O) groups excluding carboxylic acids is 1. The Kier molecular flexibility index (Phi) is 4.97. The van der Waals surface area contributed by atoms with Gasteiger partial charge >= 0.3 is 0 Å². The molecule has 0 radical (unpaired) electrons. The third-order valence-electron chi connectivity index (χ3n) is 3.42. The SMILES string of the molecule is CCS(=O)(=O)CCNC(=O)c1[nH]nc(-c2ccccc2)c1C. The molecule has 0 aliphatic carbocycles. The van der Waals surface area contributed by atoms with Crippen molar-refractivity contribution in [2.75, 3.05) is 18.1 Å². The minimum Gasteiger partial charge on any atom is -0.350 e. The topological polar surface area (TPSA) is 91.9 Å². The van der Waals surface area contributed by atoms with Crippen molar-refractivity contribution >= 4 is 15.7 Å². The number of nitrogens with zero attached hydrogens (tertiary/aromatic N) is 1. The number of sulfone groups is 1.